The van der Waals surface area contributed by atoms with Crippen LogP contribution in [0.5, 0.6) is 0 Å². The van der Waals surface area contributed by atoms with Crippen LogP contribution in [0.2, 0.25) is 0 Å². The summed E-state index contributed by atoms with van der Waals surface area (Å²) in [6.45, 7) is 4.06. The molecule has 0 spiro atoms. The van der Waals surface area contributed by atoms with E-state index in [1.807, 2.05) is 26.0 Å². The van der Waals surface area contributed by atoms with Gasteiger partial charge in [0.05, 0.1) is 0 Å². The number of Topliss-reactive ketones (excluding diaryl/α,β-unsaturated/α-hetero) is 1. The molecule has 0 bridgehead atoms. The molecule has 0 unspecified atom stereocenters. The Kier molecular flexibility index (Phi) is 2.40. The summed E-state index contributed by atoms with van der Waals surface area (Å²) < 4.78 is 0. The highest BCUT2D eigenvalue weighted by Crippen LogP contribution is 2.30. The van der Waals surface area contributed by atoms with E-state index >= 15 is 0 Å². The Hall–Kier alpha value is -1.11. The summed E-state index contributed by atoms with van der Waals surface area (Å²) in [5.41, 5.74) is 3.24. The molecule has 1 heteroatoms. The zero-order valence-electron chi connectivity index (χ0n) is 8.84. The van der Waals surface area contributed by atoms with E-state index < -0.39 is 0 Å². The average Bonchev–Trinajstić information content (AvgIpc) is 2.06. The lowest BCUT2D eigenvalue weighted by molar-refractivity contribution is 0.0854. The Balaban J connectivity index is 2.29. The van der Waals surface area contributed by atoms with Gasteiger partial charge in [-0.05, 0) is 38.3 Å². The monoisotopic (exact) mass is 188 g/mol. The Morgan fingerprint density at radius 3 is 2.57 bits per heavy atom. The van der Waals surface area contributed by atoms with E-state index in [2.05, 4.69) is 6.07 Å². The number of rotatable bonds is 2. The van der Waals surface area contributed by atoms with Crippen molar-refractivity contribution in [3.8, 4) is 0 Å². The summed E-state index contributed by atoms with van der Waals surface area (Å²) in [5, 5.41) is 0. The van der Waals surface area contributed by atoms with Crippen molar-refractivity contribution in [1.82, 2.24) is 0 Å². The van der Waals surface area contributed by atoms with Crippen molar-refractivity contribution in [2.24, 2.45) is 5.92 Å². The molecule has 1 aromatic carbocycles. The summed E-state index contributed by atoms with van der Waals surface area (Å²) in [5.74, 6) is 0.674. The fourth-order valence-corrected chi connectivity index (χ4v) is 1.89. The molecule has 0 amide bonds. The maximum absolute atomic E-state index is 12.0. The molecule has 1 fully saturated rings. The predicted molar refractivity (Wildman–Crippen MR) is 57.6 cm³/mol. The molecule has 1 aliphatic carbocycles. The highest BCUT2D eigenvalue weighted by Gasteiger charge is 2.26. The molecule has 14 heavy (non-hydrogen) atoms. The van der Waals surface area contributed by atoms with Crippen molar-refractivity contribution in [2.45, 2.75) is 33.1 Å². The number of hydrogen-bond donors (Lipinski definition) is 0. The van der Waals surface area contributed by atoms with Crippen LogP contribution in [0.1, 0.15) is 40.7 Å². The van der Waals surface area contributed by atoms with Crippen LogP contribution in [0.3, 0.4) is 0 Å². The molecule has 1 saturated carbocycles. The van der Waals surface area contributed by atoms with E-state index in [-0.39, 0.29) is 0 Å². The van der Waals surface area contributed by atoms with Crippen LogP contribution in [0.4, 0.5) is 0 Å². The lowest BCUT2D eigenvalue weighted by Gasteiger charge is -2.24. The third-order valence-electron chi connectivity index (χ3n) is 3.13. The minimum atomic E-state index is 0.315. The molecular weight excluding hydrogens is 172 g/mol. The molecule has 0 aromatic heterocycles. The first-order valence-corrected chi connectivity index (χ1v) is 5.30. The highest BCUT2D eigenvalue weighted by molar-refractivity contribution is 5.99. The van der Waals surface area contributed by atoms with E-state index in [9.17, 15) is 4.79 Å². The van der Waals surface area contributed by atoms with Gasteiger partial charge in [-0.1, -0.05) is 24.1 Å². The second-order valence-electron chi connectivity index (χ2n) is 4.31. The molecule has 1 aliphatic rings. The van der Waals surface area contributed by atoms with Crippen molar-refractivity contribution in [1.29, 1.82) is 0 Å². The van der Waals surface area contributed by atoms with Crippen molar-refractivity contribution < 1.29 is 4.79 Å². The molecule has 1 nitrogen and oxygen atoms in total. The molecule has 0 N–H and O–H groups in total. The normalized spacial score (nSPS) is 16.4. The standard InChI is InChI=1S/C13H16O/c1-9-6-7-10(2)12(8-9)13(14)11-4-3-5-11/h6-8,11H,3-5H2,1-2H3. The Labute approximate surface area is 85.1 Å². The van der Waals surface area contributed by atoms with E-state index in [4.69, 9.17) is 0 Å². The second kappa shape index (κ2) is 3.56. The van der Waals surface area contributed by atoms with Gasteiger partial charge >= 0.3 is 0 Å². The van der Waals surface area contributed by atoms with E-state index in [0.29, 0.717) is 11.7 Å². The van der Waals surface area contributed by atoms with Gasteiger partial charge in [0.2, 0.25) is 0 Å². The van der Waals surface area contributed by atoms with Crippen molar-refractivity contribution in [3.05, 3.63) is 34.9 Å². The number of carbonyl (C=O) groups excluding carboxylic acids is 1. The zero-order valence-corrected chi connectivity index (χ0v) is 8.84. The number of ketones is 1. The van der Waals surface area contributed by atoms with Gasteiger partial charge in [-0.25, -0.2) is 0 Å². The molecule has 0 radical (unpaired) electrons. The summed E-state index contributed by atoms with van der Waals surface area (Å²) in [6, 6.07) is 6.13. The Morgan fingerprint density at radius 2 is 2.00 bits per heavy atom. The van der Waals surface area contributed by atoms with Gasteiger partial charge < -0.3 is 0 Å². The number of aryl methyl sites for hydroxylation is 2. The van der Waals surface area contributed by atoms with Crippen LogP contribution >= 0.6 is 0 Å². The largest absolute Gasteiger partial charge is 0.294 e. The number of carbonyl (C=O) groups is 1. The third-order valence-corrected chi connectivity index (χ3v) is 3.13. The smallest absolute Gasteiger partial charge is 0.166 e. The first-order chi connectivity index (χ1) is 6.68. The van der Waals surface area contributed by atoms with Crippen LogP contribution in [0, 0.1) is 19.8 Å². The van der Waals surface area contributed by atoms with Gasteiger partial charge in [0.25, 0.3) is 0 Å². The molecule has 2 rings (SSSR count). The topological polar surface area (TPSA) is 17.1 Å². The maximum Gasteiger partial charge on any atom is 0.166 e. The lowest BCUT2D eigenvalue weighted by Crippen LogP contribution is -2.22. The quantitative estimate of drug-likeness (QED) is 0.651. The molecular formula is C13H16O. The Morgan fingerprint density at radius 1 is 1.29 bits per heavy atom. The summed E-state index contributed by atoms with van der Waals surface area (Å²) in [6.07, 6.45) is 3.40. The van der Waals surface area contributed by atoms with E-state index in [0.717, 1.165) is 24.0 Å². The van der Waals surface area contributed by atoms with E-state index in [1.165, 1.54) is 12.0 Å². The molecule has 1 aromatic rings. The Bertz CT molecular complexity index is 361. The first kappa shape index (κ1) is 9.45. The van der Waals surface area contributed by atoms with Crippen molar-refractivity contribution >= 4 is 5.78 Å². The minimum absolute atomic E-state index is 0.315. The van der Waals surface area contributed by atoms with Gasteiger partial charge in [0.15, 0.2) is 5.78 Å². The number of benzene rings is 1. The second-order valence-corrected chi connectivity index (χ2v) is 4.31. The summed E-state index contributed by atoms with van der Waals surface area (Å²) in [7, 11) is 0. The average molecular weight is 188 g/mol. The first-order valence-electron chi connectivity index (χ1n) is 5.30. The van der Waals surface area contributed by atoms with Gasteiger partial charge in [0.1, 0.15) is 0 Å². The van der Waals surface area contributed by atoms with Crippen LogP contribution in [0.15, 0.2) is 18.2 Å². The third kappa shape index (κ3) is 1.59. The van der Waals surface area contributed by atoms with Crippen LogP contribution < -0.4 is 0 Å². The molecule has 0 atom stereocenters. The minimum Gasteiger partial charge on any atom is -0.294 e. The number of hydrogen-bond acceptors (Lipinski definition) is 1. The van der Waals surface area contributed by atoms with Crippen molar-refractivity contribution in [2.75, 3.05) is 0 Å². The molecule has 0 heterocycles. The van der Waals surface area contributed by atoms with Gasteiger partial charge in [-0.2, -0.15) is 0 Å². The molecule has 0 saturated heterocycles. The lowest BCUT2D eigenvalue weighted by atomic mass is 9.79. The van der Waals surface area contributed by atoms with Crippen LogP contribution in [-0.4, -0.2) is 5.78 Å². The fraction of sp³-hybridized carbons (Fsp3) is 0.462. The zero-order chi connectivity index (χ0) is 10.1. The molecule has 0 aliphatic heterocycles. The van der Waals surface area contributed by atoms with Crippen LogP contribution in [-0.2, 0) is 0 Å². The molecule has 74 valence electrons. The van der Waals surface area contributed by atoms with Gasteiger partial charge in [-0.3, -0.25) is 4.79 Å². The summed E-state index contributed by atoms with van der Waals surface area (Å²) >= 11 is 0. The maximum atomic E-state index is 12.0. The van der Waals surface area contributed by atoms with Gasteiger partial charge in [-0.15, -0.1) is 0 Å². The highest BCUT2D eigenvalue weighted by atomic mass is 16.1. The SMILES string of the molecule is Cc1ccc(C)c(C(=O)C2CCC2)c1. The predicted octanol–water partition coefficient (Wildman–Crippen LogP) is 3.29. The fourth-order valence-electron chi connectivity index (χ4n) is 1.89. The van der Waals surface area contributed by atoms with Gasteiger partial charge in [0, 0.05) is 11.5 Å². The van der Waals surface area contributed by atoms with E-state index in [1.54, 1.807) is 0 Å². The van der Waals surface area contributed by atoms with Crippen molar-refractivity contribution in [3.63, 3.8) is 0 Å². The summed E-state index contributed by atoms with van der Waals surface area (Å²) in [4.78, 5) is 12.0. The van der Waals surface area contributed by atoms with Crippen LogP contribution in [0.25, 0.3) is 0 Å².